The molecule has 0 amide bonds. The molecule has 3 rings (SSSR count). The molecule has 2 aromatic rings. The third kappa shape index (κ3) is 3.57. The summed E-state index contributed by atoms with van der Waals surface area (Å²) in [6.45, 7) is 6.25. The number of hydrogen-bond donors (Lipinski definition) is 4. The Morgan fingerprint density at radius 2 is 2.21 bits per heavy atom. The lowest BCUT2D eigenvalue weighted by Crippen LogP contribution is -2.24. The highest BCUT2D eigenvalue weighted by Gasteiger charge is 2.14. The first-order valence-corrected chi connectivity index (χ1v) is 7.87. The van der Waals surface area contributed by atoms with Gasteiger partial charge in [0.05, 0.1) is 24.0 Å². The SMILES string of the molecule is C/C(Nc1ccn(C[C@H](C)O)n1)=C1\C=C(c2cnccc2C)NN1. The highest BCUT2D eigenvalue weighted by molar-refractivity contribution is 5.71. The highest BCUT2D eigenvalue weighted by atomic mass is 16.3. The van der Waals surface area contributed by atoms with Crippen LogP contribution in [0.3, 0.4) is 0 Å². The number of nitrogens with zero attached hydrogens (tertiary/aromatic N) is 3. The maximum absolute atomic E-state index is 9.41. The number of pyridine rings is 1. The molecule has 0 saturated carbocycles. The Morgan fingerprint density at radius 1 is 1.38 bits per heavy atom. The third-order valence-corrected chi connectivity index (χ3v) is 3.76. The van der Waals surface area contributed by atoms with Crippen molar-refractivity contribution in [2.75, 3.05) is 5.32 Å². The molecule has 2 aromatic heterocycles. The molecule has 3 heterocycles. The lowest BCUT2D eigenvalue weighted by Gasteiger charge is -2.08. The Hall–Kier alpha value is -2.80. The predicted octanol–water partition coefficient (Wildman–Crippen LogP) is 1.76. The van der Waals surface area contributed by atoms with E-state index in [1.54, 1.807) is 17.8 Å². The average Bonchev–Trinajstić information content (AvgIpc) is 3.17. The molecule has 0 unspecified atom stereocenters. The van der Waals surface area contributed by atoms with Crippen molar-refractivity contribution in [2.24, 2.45) is 0 Å². The second-order valence-electron chi connectivity index (χ2n) is 5.93. The van der Waals surface area contributed by atoms with Gasteiger partial charge in [-0.05, 0) is 38.5 Å². The fourth-order valence-electron chi connectivity index (χ4n) is 2.50. The maximum Gasteiger partial charge on any atom is 0.152 e. The molecule has 7 nitrogen and oxygen atoms in total. The normalized spacial score (nSPS) is 16.9. The van der Waals surface area contributed by atoms with Crippen LogP contribution in [0.25, 0.3) is 5.70 Å². The summed E-state index contributed by atoms with van der Waals surface area (Å²) in [5.74, 6) is 0.738. The lowest BCUT2D eigenvalue weighted by atomic mass is 10.1. The Morgan fingerprint density at radius 3 is 2.96 bits per heavy atom. The minimum Gasteiger partial charge on any atom is -0.391 e. The summed E-state index contributed by atoms with van der Waals surface area (Å²) < 4.78 is 1.71. The number of anilines is 1. The third-order valence-electron chi connectivity index (χ3n) is 3.76. The van der Waals surface area contributed by atoms with Crippen molar-refractivity contribution in [3.8, 4) is 0 Å². The van der Waals surface area contributed by atoms with Crippen molar-refractivity contribution in [3.05, 3.63) is 59.3 Å². The standard InChI is InChI=1S/C17H22N6O/c1-11-4-6-18-9-14(11)16-8-15(20-21-16)13(3)19-17-5-7-23(22-17)10-12(2)24/h4-9,12,20-21,24H,10H2,1-3H3,(H,19,22)/b15-13-/t12-/m0/s1. The van der Waals surface area contributed by atoms with Gasteiger partial charge >= 0.3 is 0 Å². The Balaban J connectivity index is 1.75. The van der Waals surface area contributed by atoms with Crippen LogP contribution >= 0.6 is 0 Å². The van der Waals surface area contributed by atoms with Crippen molar-refractivity contribution in [2.45, 2.75) is 33.4 Å². The molecule has 0 fully saturated rings. The molecule has 0 aromatic carbocycles. The van der Waals surface area contributed by atoms with Crippen molar-refractivity contribution >= 4 is 11.5 Å². The molecule has 4 N–H and O–H groups in total. The van der Waals surface area contributed by atoms with Gasteiger partial charge in [-0.1, -0.05) is 0 Å². The fourth-order valence-corrected chi connectivity index (χ4v) is 2.50. The van der Waals surface area contributed by atoms with Crippen molar-refractivity contribution in [1.82, 2.24) is 25.6 Å². The van der Waals surface area contributed by atoms with Gasteiger partial charge in [-0.2, -0.15) is 5.10 Å². The Kier molecular flexibility index (Phi) is 4.52. The number of aliphatic hydroxyl groups excluding tert-OH is 1. The van der Waals surface area contributed by atoms with Gasteiger partial charge < -0.3 is 15.8 Å². The van der Waals surface area contributed by atoms with Gasteiger partial charge in [0.2, 0.25) is 0 Å². The van der Waals surface area contributed by atoms with Gasteiger partial charge in [0, 0.05) is 35.9 Å². The van der Waals surface area contributed by atoms with Gasteiger partial charge in [0.1, 0.15) is 0 Å². The van der Waals surface area contributed by atoms with Crippen LogP contribution in [0.5, 0.6) is 0 Å². The first kappa shape index (κ1) is 16.1. The van der Waals surface area contributed by atoms with E-state index >= 15 is 0 Å². The highest BCUT2D eigenvalue weighted by Crippen LogP contribution is 2.21. The zero-order chi connectivity index (χ0) is 17.1. The minimum atomic E-state index is -0.425. The second-order valence-corrected chi connectivity index (χ2v) is 5.93. The zero-order valence-electron chi connectivity index (χ0n) is 14.0. The van der Waals surface area contributed by atoms with Gasteiger partial charge in [-0.3, -0.25) is 15.1 Å². The van der Waals surface area contributed by atoms with E-state index in [1.807, 2.05) is 37.5 Å². The van der Waals surface area contributed by atoms with E-state index in [4.69, 9.17) is 0 Å². The smallest absolute Gasteiger partial charge is 0.152 e. The molecule has 0 radical (unpaired) electrons. The first-order chi connectivity index (χ1) is 11.5. The Labute approximate surface area is 141 Å². The topological polar surface area (TPSA) is 87.0 Å². The van der Waals surface area contributed by atoms with Crippen molar-refractivity contribution in [1.29, 1.82) is 0 Å². The molecule has 1 aliphatic rings. The molecular formula is C17H22N6O. The number of hydrazine groups is 1. The molecule has 1 aliphatic heterocycles. The lowest BCUT2D eigenvalue weighted by molar-refractivity contribution is 0.168. The summed E-state index contributed by atoms with van der Waals surface area (Å²) in [7, 11) is 0. The first-order valence-electron chi connectivity index (χ1n) is 7.87. The van der Waals surface area contributed by atoms with Crippen LogP contribution in [0.2, 0.25) is 0 Å². The largest absolute Gasteiger partial charge is 0.391 e. The van der Waals surface area contributed by atoms with E-state index in [-0.39, 0.29) is 0 Å². The predicted molar refractivity (Wildman–Crippen MR) is 93.5 cm³/mol. The molecular weight excluding hydrogens is 304 g/mol. The van der Waals surface area contributed by atoms with Crippen LogP contribution in [-0.2, 0) is 6.54 Å². The van der Waals surface area contributed by atoms with Crippen LogP contribution in [0.1, 0.15) is 25.0 Å². The molecule has 7 heteroatoms. The fraction of sp³-hybridized carbons (Fsp3) is 0.294. The van der Waals surface area contributed by atoms with E-state index < -0.39 is 6.10 Å². The van der Waals surface area contributed by atoms with E-state index in [0.29, 0.717) is 6.54 Å². The number of allylic oxidation sites excluding steroid dienone is 2. The van der Waals surface area contributed by atoms with E-state index in [2.05, 4.69) is 33.2 Å². The Bertz CT molecular complexity index is 790. The number of hydrogen-bond acceptors (Lipinski definition) is 6. The molecule has 0 spiro atoms. The van der Waals surface area contributed by atoms with Gasteiger partial charge in [0.25, 0.3) is 0 Å². The number of nitrogens with one attached hydrogen (secondary N) is 3. The van der Waals surface area contributed by atoms with Crippen LogP contribution in [-0.4, -0.2) is 26.0 Å². The van der Waals surface area contributed by atoms with Crippen LogP contribution in [0, 0.1) is 6.92 Å². The number of aromatic nitrogens is 3. The summed E-state index contributed by atoms with van der Waals surface area (Å²) in [4.78, 5) is 4.18. The van der Waals surface area contributed by atoms with E-state index in [9.17, 15) is 5.11 Å². The van der Waals surface area contributed by atoms with Gasteiger partial charge in [-0.25, -0.2) is 0 Å². The summed E-state index contributed by atoms with van der Waals surface area (Å²) >= 11 is 0. The summed E-state index contributed by atoms with van der Waals surface area (Å²) in [6, 6.07) is 3.87. The second kappa shape index (κ2) is 6.76. The minimum absolute atomic E-state index is 0.425. The van der Waals surface area contributed by atoms with Gasteiger partial charge in [0.15, 0.2) is 5.82 Å². The van der Waals surface area contributed by atoms with Crippen molar-refractivity contribution in [3.63, 3.8) is 0 Å². The molecule has 0 aliphatic carbocycles. The summed E-state index contributed by atoms with van der Waals surface area (Å²) in [5.41, 5.74) is 11.4. The number of rotatable bonds is 5. The number of aryl methyl sites for hydroxylation is 1. The van der Waals surface area contributed by atoms with E-state index in [1.165, 1.54) is 0 Å². The van der Waals surface area contributed by atoms with Crippen molar-refractivity contribution < 1.29 is 5.11 Å². The van der Waals surface area contributed by atoms with E-state index in [0.717, 1.165) is 34.0 Å². The number of aliphatic hydroxyl groups is 1. The molecule has 126 valence electrons. The zero-order valence-corrected chi connectivity index (χ0v) is 14.0. The van der Waals surface area contributed by atoms with Crippen LogP contribution in [0.4, 0.5) is 5.82 Å². The monoisotopic (exact) mass is 326 g/mol. The molecule has 1 atom stereocenters. The van der Waals surface area contributed by atoms with Crippen LogP contribution < -0.4 is 16.2 Å². The molecule has 0 saturated heterocycles. The quantitative estimate of drug-likeness (QED) is 0.670. The summed E-state index contributed by atoms with van der Waals surface area (Å²) in [6.07, 6.45) is 7.09. The maximum atomic E-state index is 9.41. The average molecular weight is 326 g/mol. The van der Waals surface area contributed by atoms with Gasteiger partial charge in [-0.15, -0.1) is 0 Å². The summed E-state index contributed by atoms with van der Waals surface area (Å²) in [5, 5.41) is 17.1. The molecule has 24 heavy (non-hydrogen) atoms. The molecule has 0 bridgehead atoms. The van der Waals surface area contributed by atoms with Crippen LogP contribution in [0.15, 0.2) is 48.2 Å².